The summed E-state index contributed by atoms with van der Waals surface area (Å²) in [5, 5.41) is 10.7. The topological polar surface area (TPSA) is 86.3 Å². The summed E-state index contributed by atoms with van der Waals surface area (Å²) in [6.07, 6.45) is 0. The Morgan fingerprint density at radius 2 is 1.75 bits per heavy atom. The summed E-state index contributed by atoms with van der Waals surface area (Å²) in [6.45, 7) is 0.138. The van der Waals surface area contributed by atoms with Crippen LogP contribution in [0.3, 0.4) is 0 Å². The van der Waals surface area contributed by atoms with E-state index >= 15 is 0 Å². The number of carboxylic acids is 1. The molecule has 0 aromatic heterocycles. The van der Waals surface area contributed by atoms with Crippen LogP contribution in [-0.4, -0.2) is 14.4 Å². The van der Waals surface area contributed by atoms with E-state index < -0.39 is 16.0 Å². The standard InChI is InChI=1S/C14H13NO4S/c16-14(17)12-7-4-8-13(9-12)20(18,19)15-10-11-5-2-1-3-6-11/h1-9,15H,10H2,(H,16,17)/p-1. The van der Waals surface area contributed by atoms with Crippen molar-refractivity contribution in [3.8, 4) is 0 Å². The van der Waals surface area contributed by atoms with E-state index in [-0.39, 0.29) is 17.0 Å². The predicted molar refractivity (Wildman–Crippen MR) is 71.2 cm³/mol. The third-order valence-corrected chi connectivity index (χ3v) is 4.09. The molecule has 104 valence electrons. The summed E-state index contributed by atoms with van der Waals surface area (Å²) in [5.41, 5.74) is 0.639. The Morgan fingerprint density at radius 1 is 1.05 bits per heavy atom. The number of rotatable bonds is 5. The van der Waals surface area contributed by atoms with Crippen molar-refractivity contribution in [2.45, 2.75) is 11.4 Å². The molecule has 0 atom stereocenters. The van der Waals surface area contributed by atoms with Crippen LogP contribution in [0.4, 0.5) is 0 Å². The van der Waals surface area contributed by atoms with Gasteiger partial charge in [-0.15, -0.1) is 0 Å². The Balaban J connectivity index is 2.18. The Morgan fingerprint density at radius 3 is 2.40 bits per heavy atom. The van der Waals surface area contributed by atoms with E-state index in [0.717, 1.165) is 11.6 Å². The third kappa shape index (κ3) is 3.43. The normalized spacial score (nSPS) is 11.2. The van der Waals surface area contributed by atoms with Gasteiger partial charge in [0, 0.05) is 6.54 Å². The van der Waals surface area contributed by atoms with Crippen LogP contribution in [-0.2, 0) is 16.6 Å². The van der Waals surface area contributed by atoms with Crippen LogP contribution >= 0.6 is 0 Å². The van der Waals surface area contributed by atoms with Gasteiger partial charge in [0.2, 0.25) is 10.0 Å². The molecule has 6 heteroatoms. The summed E-state index contributed by atoms with van der Waals surface area (Å²) < 4.78 is 26.5. The maximum atomic E-state index is 12.1. The number of hydrogen-bond donors (Lipinski definition) is 1. The molecule has 0 aliphatic carbocycles. The second-order valence-electron chi connectivity index (χ2n) is 4.13. The highest BCUT2D eigenvalue weighted by atomic mass is 32.2. The van der Waals surface area contributed by atoms with Gasteiger partial charge in [-0.25, -0.2) is 13.1 Å². The van der Waals surface area contributed by atoms with Gasteiger partial charge in [0.1, 0.15) is 0 Å². The predicted octanol–water partition coefficient (Wildman–Crippen LogP) is 0.529. The molecule has 0 aliphatic heterocycles. The van der Waals surface area contributed by atoms with E-state index in [0.29, 0.717) is 0 Å². The molecular weight excluding hydrogens is 278 g/mol. The van der Waals surface area contributed by atoms with Crippen LogP contribution in [0.1, 0.15) is 15.9 Å². The number of hydrogen-bond acceptors (Lipinski definition) is 4. The van der Waals surface area contributed by atoms with Crippen LogP contribution < -0.4 is 9.83 Å². The number of carboxylic acid groups (broad SMARTS) is 1. The zero-order valence-corrected chi connectivity index (χ0v) is 11.3. The number of carbonyl (C=O) groups excluding carboxylic acids is 1. The molecule has 0 radical (unpaired) electrons. The van der Waals surface area contributed by atoms with Gasteiger partial charge in [-0.05, 0) is 23.3 Å². The molecule has 2 rings (SSSR count). The number of nitrogens with one attached hydrogen (secondary N) is 1. The minimum absolute atomic E-state index is 0.102. The molecule has 2 aromatic rings. The second kappa shape index (κ2) is 5.85. The SMILES string of the molecule is O=C([O-])c1cccc(S(=O)(=O)NCc2ccccc2)c1. The largest absolute Gasteiger partial charge is 0.545 e. The number of sulfonamides is 1. The fourth-order valence-corrected chi connectivity index (χ4v) is 2.71. The van der Waals surface area contributed by atoms with Crippen LogP contribution in [0, 0.1) is 0 Å². The monoisotopic (exact) mass is 290 g/mol. The van der Waals surface area contributed by atoms with Gasteiger partial charge in [-0.2, -0.15) is 0 Å². The van der Waals surface area contributed by atoms with Gasteiger partial charge < -0.3 is 9.90 Å². The van der Waals surface area contributed by atoms with Gasteiger partial charge in [-0.3, -0.25) is 0 Å². The summed E-state index contributed by atoms with van der Waals surface area (Å²) in [5.74, 6) is -1.41. The van der Waals surface area contributed by atoms with E-state index in [1.165, 1.54) is 18.2 Å². The van der Waals surface area contributed by atoms with Crippen LogP contribution in [0.2, 0.25) is 0 Å². The van der Waals surface area contributed by atoms with E-state index in [4.69, 9.17) is 0 Å². The van der Waals surface area contributed by atoms with Gasteiger partial charge >= 0.3 is 0 Å². The molecule has 5 nitrogen and oxygen atoms in total. The lowest BCUT2D eigenvalue weighted by molar-refractivity contribution is -0.255. The fraction of sp³-hybridized carbons (Fsp3) is 0.0714. The molecule has 0 bridgehead atoms. The maximum Gasteiger partial charge on any atom is 0.240 e. The van der Waals surface area contributed by atoms with Crippen molar-refractivity contribution < 1.29 is 18.3 Å². The molecule has 2 aromatic carbocycles. The first-order chi connectivity index (χ1) is 9.49. The lowest BCUT2D eigenvalue weighted by Gasteiger charge is -2.09. The quantitative estimate of drug-likeness (QED) is 0.870. The maximum absolute atomic E-state index is 12.1. The zero-order valence-electron chi connectivity index (χ0n) is 10.4. The summed E-state index contributed by atoms with van der Waals surface area (Å²) in [4.78, 5) is 10.6. The summed E-state index contributed by atoms with van der Waals surface area (Å²) in [7, 11) is -3.76. The minimum atomic E-state index is -3.76. The Hall–Kier alpha value is -2.18. The van der Waals surface area contributed by atoms with E-state index in [9.17, 15) is 18.3 Å². The van der Waals surface area contributed by atoms with Crippen LogP contribution in [0.25, 0.3) is 0 Å². The van der Waals surface area contributed by atoms with Crippen molar-refractivity contribution in [2.24, 2.45) is 0 Å². The smallest absolute Gasteiger partial charge is 0.240 e. The van der Waals surface area contributed by atoms with Crippen LogP contribution in [0.15, 0.2) is 59.5 Å². The fourth-order valence-electron chi connectivity index (χ4n) is 1.65. The van der Waals surface area contributed by atoms with E-state index in [1.54, 1.807) is 24.3 Å². The number of benzene rings is 2. The molecule has 0 saturated carbocycles. The highest BCUT2D eigenvalue weighted by Crippen LogP contribution is 2.11. The minimum Gasteiger partial charge on any atom is -0.545 e. The third-order valence-electron chi connectivity index (χ3n) is 2.69. The second-order valence-corrected chi connectivity index (χ2v) is 5.89. The average molecular weight is 290 g/mol. The Kier molecular flexibility index (Phi) is 4.16. The highest BCUT2D eigenvalue weighted by Gasteiger charge is 2.14. The molecule has 0 heterocycles. The lowest BCUT2D eigenvalue weighted by atomic mass is 10.2. The van der Waals surface area contributed by atoms with Gasteiger partial charge in [-0.1, -0.05) is 42.5 Å². The Labute approximate surface area is 116 Å². The molecule has 0 unspecified atom stereocenters. The van der Waals surface area contributed by atoms with Crippen molar-refractivity contribution >= 4 is 16.0 Å². The van der Waals surface area contributed by atoms with E-state index in [1.807, 2.05) is 6.07 Å². The number of carbonyl (C=O) groups is 1. The van der Waals surface area contributed by atoms with E-state index in [2.05, 4.69) is 4.72 Å². The highest BCUT2D eigenvalue weighted by molar-refractivity contribution is 7.89. The summed E-state index contributed by atoms with van der Waals surface area (Å²) >= 11 is 0. The Bertz CT molecular complexity index is 711. The van der Waals surface area contributed by atoms with Crippen molar-refractivity contribution in [1.82, 2.24) is 4.72 Å². The average Bonchev–Trinajstić information content (AvgIpc) is 2.46. The van der Waals surface area contributed by atoms with Crippen molar-refractivity contribution in [3.63, 3.8) is 0 Å². The molecule has 1 N–H and O–H groups in total. The molecule has 0 aliphatic rings. The van der Waals surface area contributed by atoms with Gasteiger partial charge in [0.15, 0.2) is 0 Å². The molecule has 0 fully saturated rings. The molecule has 0 spiro atoms. The first kappa shape index (κ1) is 14.2. The van der Waals surface area contributed by atoms with Crippen molar-refractivity contribution in [2.75, 3.05) is 0 Å². The van der Waals surface area contributed by atoms with Crippen LogP contribution in [0.5, 0.6) is 0 Å². The zero-order chi connectivity index (χ0) is 14.6. The number of aromatic carboxylic acids is 1. The van der Waals surface area contributed by atoms with Crippen molar-refractivity contribution in [1.29, 1.82) is 0 Å². The first-order valence-electron chi connectivity index (χ1n) is 5.84. The molecular formula is C14H12NO4S-. The van der Waals surface area contributed by atoms with Crippen molar-refractivity contribution in [3.05, 3.63) is 65.7 Å². The van der Waals surface area contributed by atoms with Gasteiger partial charge in [0.25, 0.3) is 0 Å². The van der Waals surface area contributed by atoms with Gasteiger partial charge in [0.05, 0.1) is 10.9 Å². The summed E-state index contributed by atoms with van der Waals surface area (Å²) in [6, 6.07) is 14.1. The lowest BCUT2D eigenvalue weighted by Crippen LogP contribution is -2.25. The first-order valence-corrected chi connectivity index (χ1v) is 7.32. The molecule has 0 amide bonds. The molecule has 0 saturated heterocycles. The molecule has 20 heavy (non-hydrogen) atoms.